The van der Waals surface area contributed by atoms with Gasteiger partial charge in [0.15, 0.2) is 0 Å². The second kappa shape index (κ2) is 9.38. The van der Waals surface area contributed by atoms with Gasteiger partial charge in [-0.3, -0.25) is 4.79 Å². The van der Waals surface area contributed by atoms with Crippen LogP contribution < -0.4 is 5.32 Å². The van der Waals surface area contributed by atoms with Gasteiger partial charge in [-0.2, -0.15) is 0 Å². The summed E-state index contributed by atoms with van der Waals surface area (Å²) >= 11 is 0. The lowest BCUT2D eigenvalue weighted by Gasteiger charge is -2.32. The SMILES string of the molecule is CCCCN(C(=O)CC(C)C1CCCNC1)C(C)CC. The number of unbranched alkanes of at least 4 members (excludes halogenated alkanes) is 1. The van der Waals surface area contributed by atoms with Crippen LogP contribution in [0.3, 0.4) is 0 Å². The fourth-order valence-electron chi connectivity index (χ4n) is 3.06. The smallest absolute Gasteiger partial charge is 0.223 e. The summed E-state index contributed by atoms with van der Waals surface area (Å²) in [6, 6.07) is 0.380. The van der Waals surface area contributed by atoms with Crippen LogP contribution in [0.4, 0.5) is 0 Å². The average Bonchev–Trinajstić information content (AvgIpc) is 2.48. The van der Waals surface area contributed by atoms with Crippen molar-refractivity contribution in [2.24, 2.45) is 11.8 Å². The molecule has 118 valence electrons. The minimum absolute atomic E-state index is 0.367. The number of piperidine rings is 1. The third kappa shape index (κ3) is 5.43. The molecule has 0 aliphatic carbocycles. The molecule has 20 heavy (non-hydrogen) atoms. The number of hydrogen-bond donors (Lipinski definition) is 1. The number of nitrogens with one attached hydrogen (secondary N) is 1. The van der Waals surface area contributed by atoms with Crippen LogP contribution in [0, 0.1) is 11.8 Å². The van der Waals surface area contributed by atoms with Gasteiger partial charge < -0.3 is 10.2 Å². The van der Waals surface area contributed by atoms with Crippen molar-refractivity contribution in [1.82, 2.24) is 10.2 Å². The third-order valence-electron chi connectivity index (χ3n) is 4.83. The Morgan fingerprint density at radius 3 is 2.65 bits per heavy atom. The van der Waals surface area contributed by atoms with Crippen molar-refractivity contribution < 1.29 is 4.79 Å². The van der Waals surface area contributed by atoms with E-state index >= 15 is 0 Å². The van der Waals surface area contributed by atoms with Crippen molar-refractivity contribution in [3.63, 3.8) is 0 Å². The largest absolute Gasteiger partial charge is 0.340 e. The van der Waals surface area contributed by atoms with Gasteiger partial charge in [0.05, 0.1) is 0 Å². The Kier molecular flexibility index (Phi) is 8.20. The van der Waals surface area contributed by atoms with E-state index in [1.165, 1.54) is 12.8 Å². The van der Waals surface area contributed by atoms with Crippen molar-refractivity contribution in [3.05, 3.63) is 0 Å². The highest BCUT2D eigenvalue weighted by Crippen LogP contribution is 2.24. The van der Waals surface area contributed by atoms with Gasteiger partial charge in [0.1, 0.15) is 0 Å². The standard InChI is InChI=1S/C17H34N2O/c1-5-7-11-19(15(4)6-2)17(20)12-14(3)16-9-8-10-18-13-16/h14-16,18H,5-13H2,1-4H3. The highest BCUT2D eigenvalue weighted by molar-refractivity contribution is 5.76. The molecule has 1 saturated heterocycles. The van der Waals surface area contributed by atoms with Gasteiger partial charge in [-0.25, -0.2) is 0 Å². The Balaban J connectivity index is 2.50. The molecule has 3 heteroatoms. The van der Waals surface area contributed by atoms with E-state index in [4.69, 9.17) is 0 Å². The molecule has 1 N–H and O–H groups in total. The van der Waals surface area contributed by atoms with E-state index in [9.17, 15) is 4.79 Å². The molecule has 0 aromatic carbocycles. The molecular formula is C17H34N2O. The third-order valence-corrected chi connectivity index (χ3v) is 4.83. The molecule has 0 radical (unpaired) electrons. The van der Waals surface area contributed by atoms with Gasteiger partial charge >= 0.3 is 0 Å². The van der Waals surface area contributed by atoms with E-state index in [1.807, 2.05) is 0 Å². The molecule has 0 bridgehead atoms. The summed E-state index contributed by atoms with van der Waals surface area (Å²) < 4.78 is 0. The summed E-state index contributed by atoms with van der Waals surface area (Å²) in [5, 5.41) is 3.46. The monoisotopic (exact) mass is 282 g/mol. The molecule has 3 atom stereocenters. The van der Waals surface area contributed by atoms with Crippen LogP contribution in [0.1, 0.15) is 66.2 Å². The summed E-state index contributed by atoms with van der Waals surface area (Å²) in [6.07, 6.45) is 6.58. The van der Waals surface area contributed by atoms with Crippen LogP contribution in [-0.4, -0.2) is 36.5 Å². The predicted octanol–water partition coefficient (Wildman–Crippen LogP) is 3.44. The van der Waals surface area contributed by atoms with E-state index in [2.05, 4.69) is 37.9 Å². The Hall–Kier alpha value is -0.570. The first-order valence-electron chi connectivity index (χ1n) is 8.60. The molecule has 0 aromatic heterocycles. The van der Waals surface area contributed by atoms with Gasteiger partial charge in [0, 0.05) is 19.0 Å². The number of nitrogens with zero attached hydrogens (tertiary/aromatic N) is 1. The van der Waals surface area contributed by atoms with Gasteiger partial charge in [-0.05, 0) is 57.5 Å². The van der Waals surface area contributed by atoms with Crippen LogP contribution in [0.5, 0.6) is 0 Å². The van der Waals surface area contributed by atoms with Crippen LogP contribution in [0.15, 0.2) is 0 Å². The van der Waals surface area contributed by atoms with Crippen LogP contribution in [0.2, 0.25) is 0 Å². The second-order valence-corrected chi connectivity index (χ2v) is 6.49. The highest BCUT2D eigenvalue weighted by Gasteiger charge is 2.25. The molecule has 3 nitrogen and oxygen atoms in total. The zero-order chi connectivity index (χ0) is 15.0. The van der Waals surface area contributed by atoms with Gasteiger partial charge in [0.2, 0.25) is 5.91 Å². The molecule has 0 spiro atoms. The first-order valence-corrected chi connectivity index (χ1v) is 8.60. The fraction of sp³-hybridized carbons (Fsp3) is 0.941. The van der Waals surface area contributed by atoms with E-state index in [0.29, 0.717) is 23.8 Å². The van der Waals surface area contributed by atoms with E-state index in [-0.39, 0.29) is 0 Å². The number of carbonyl (C=O) groups excluding carboxylic acids is 1. The molecule has 1 aliphatic heterocycles. The average molecular weight is 282 g/mol. The highest BCUT2D eigenvalue weighted by atomic mass is 16.2. The molecule has 1 heterocycles. The number of amides is 1. The summed E-state index contributed by atoms with van der Waals surface area (Å²) in [7, 11) is 0. The van der Waals surface area contributed by atoms with Crippen molar-refractivity contribution in [2.45, 2.75) is 72.3 Å². The number of carbonyl (C=O) groups is 1. The summed E-state index contributed by atoms with van der Waals surface area (Å²) in [5.74, 6) is 1.55. The van der Waals surface area contributed by atoms with Crippen molar-refractivity contribution in [3.8, 4) is 0 Å². The summed E-state index contributed by atoms with van der Waals surface area (Å²) in [5.41, 5.74) is 0. The Labute approximate surface area is 125 Å². The first kappa shape index (κ1) is 17.5. The van der Waals surface area contributed by atoms with E-state index < -0.39 is 0 Å². The Morgan fingerprint density at radius 2 is 2.10 bits per heavy atom. The second-order valence-electron chi connectivity index (χ2n) is 6.49. The van der Waals surface area contributed by atoms with Crippen molar-refractivity contribution >= 4 is 5.91 Å². The molecule has 1 fully saturated rings. The van der Waals surface area contributed by atoms with Gasteiger partial charge in [-0.1, -0.05) is 27.2 Å². The van der Waals surface area contributed by atoms with Gasteiger partial charge in [-0.15, -0.1) is 0 Å². The summed E-state index contributed by atoms with van der Waals surface area (Å²) in [6.45, 7) is 12.0. The topological polar surface area (TPSA) is 32.3 Å². The van der Waals surface area contributed by atoms with Crippen LogP contribution >= 0.6 is 0 Å². The minimum atomic E-state index is 0.367. The molecule has 1 amide bonds. The minimum Gasteiger partial charge on any atom is -0.340 e. The maximum atomic E-state index is 12.6. The molecular weight excluding hydrogens is 248 g/mol. The van der Waals surface area contributed by atoms with Crippen molar-refractivity contribution in [2.75, 3.05) is 19.6 Å². The number of hydrogen-bond acceptors (Lipinski definition) is 2. The van der Waals surface area contributed by atoms with E-state index in [0.717, 1.165) is 45.3 Å². The van der Waals surface area contributed by atoms with Crippen LogP contribution in [0.25, 0.3) is 0 Å². The maximum absolute atomic E-state index is 12.6. The lowest BCUT2D eigenvalue weighted by molar-refractivity contribution is -0.134. The van der Waals surface area contributed by atoms with Crippen LogP contribution in [-0.2, 0) is 4.79 Å². The molecule has 0 saturated carbocycles. The zero-order valence-electron chi connectivity index (χ0n) is 14.0. The fourth-order valence-corrected chi connectivity index (χ4v) is 3.06. The maximum Gasteiger partial charge on any atom is 0.223 e. The Morgan fingerprint density at radius 1 is 1.35 bits per heavy atom. The molecule has 1 rings (SSSR count). The molecule has 1 aliphatic rings. The molecule has 0 aromatic rings. The lowest BCUT2D eigenvalue weighted by Crippen LogP contribution is -2.41. The summed E-state index contributed by atoms with van der Waals surface area (Å²) in [4.78, 5) is 14.7. The lowest BCUT2D eigenvalue weighted by atomic mass is 9.85. The first-order chi connectivity index (χ1) is 9.60. The predicted molar refractivity (Wildman–Crippen MR) is 85.7 cm³/mol. The normalized spacial score (nSPS) is 22.3. The quantitative estimate of drug-likeness (QED) is 0.739. The van der Waals surface area contributed by atoms with E-state index in [1.54, 1.807) is 0 Å². The Bertz CT molecular complexity index is 274. The number of rotatable bonds is 8. The van der Waals surface area contributed by atoms with Crippen molar-refractivity contribution in [1.29, 1.82) is 0 Å². The molecule has 3 unspecified atom stereocenters. The zero-order valence-corrected chi connectivity index (χ0v) is 14.0. The van der Waals surface area contributed by atoms with Gasteiger partial charge in [0.25, 0.3) is 0 Å².